The Morgan fingerprint density at radius 3 is 0.571 bits per heavy atom. The fourth-order valence-corrected chi connectivity index (χ4v) is 0. The molecule has 36 valence electrons. The summed E-state index contributed by atoms with van der Waals surface area (Å²) >= 11 is 0. The van der Waals surface area contributed by atoms with Crippen LogP contribution in [0.15, 0.2) is 0 Å². The second-order valence-electron chi connectivity index (χ2n) is 0. The average molecular weight is 162 g/mol. The Labute approximate surface area is 112 Å². The zero-order valence-corrected chi connectivity index (χ0v) is 8.97. The Hall–Kier alpha value is 2.79. The van der Waals surface area contributed by atoms with E-state index in [0.29, 0.717) is 0 Å². The van der Waals surface area contributed by atoms with E-state index < -0.39 is 0 Å². The molecule has 0 aromatic carbocycles. The van der Waals surface area contributed by atoms with Crippen LogP contribution in [0.4, 0.5) is 0 Å². The van der Waals surface area contributed by atoms with Crippen LogP contribution >= 0.6 is 0 Å². The molecule has 0 bridgehead atoms. The van der Waals surface area contributed by atoms with Crippen molar-refractivity contribution < 1.29 is 114 Å². The Bertz CT molecular complexity index is 11.7. The maximum absolute atomic E-state index is 0. The quantitative estimate of drug-likeness (QED) is 0.328. The molecule has 0 atom stereocenters. The van der Waals surface area contributed by atoms with Gasteiger partial charge in [-0.1, -0.05) is 0 Å². The van der Waals surface area contributed by atoms with Crippen LogP contribution < -0.4 is 70.2 Å². The molecule has 7 heavy (non-hydrogen) atoms. The first-order valence-corrected chi connectivity index (χ1v) is 0. The van der Waals surface area contributed by atoms with E-state index >= 15 is 0 Å². The largest absolute Gasteiger partial charge is 1.00 e. The van der Waals surface area contributed by atoms with Gasteiger partial charge in [0, 0.05) is 21.7 Å². The van der Waals surface area contributed by atoms with E-state index in [0.717, 1.165) is 0 Å². The molecule has 0 aromatic rings. The van der Waals surface area contributed by atoms with Gasteiger partial charge in [0.05, 0.1) is 0 Å². The third-order valence-electron chi connectivity index (χ3n) is 0. The van der Waals surface area contributed by atoms with E-state index in [1.807, 2.05) is 0 Å². The number of hydrogen-bond donors (Lipinski definition) is 0. The summed E-state index contributed by atoms with van der Waals surface area (Å²) in [5.74, 6) is 0. The van der Waals surface area contributed by atoms with E-state index in [-0.39, 0.29) is 114 Å². The molecule has 4 N–H and O–H groups in total. The third-order valence-corrected chi connectivity index (χ3v) is 0. The zero-order valence-electron chi connectivity index (χ0n) is 4.29. The molecule has 0 unspecified atom stereocenters. The van der Waals surface area contributed by atoms with Crippen molar-refractivity contribution in [3.05, 3.63) is 0 Å². The molecule has 0 rings (SSSR count). The molecule has 0 aromatic heterocycles. The van der Waals surface area contributed by atoms with Gasteiger partial charge in [0.1, 0.15) is 0 Å². The summed E-state index contributed by atoms with van der Waals surface area (Å²) in [6.45, 7) is 0. The van der Waals surface area contributed by atoms with E-state index in [9.17, 15) is 0 Å². The zero-order chi connectivity index (χ0) is 0. The summed E-state index contributed by atoms with van der Waals surface area (Å²) in [6.07, 6.45) is 0. The van der Waals surface area contributed by atoms with Crippen molar-refractivity contribution in [3.8, 4) is 0 Å². The molecule has 0 saturated carbocycles. The minimum absolute atomic E-state index is 0. The smallest absolute Gasteiger partial charge is 0.870 e. The van der Waals surface area contributed by atoms with Crippen molar-refractivity contribution >= 4 is 0 Å². The van der Waals surface area contributed by atoms with Crippen molar-refractivity contribution in [2.24, 2.45) is 0 Å². The monoisotopic (exact) mass is 162 g/mol. The summed E-state index contributed by atoms with van der Waals surface area (Å²) in [7, 11) is 0. The first-order chi connectivity index (χ1) is 0. The summed E-state index contributed by atoms with van der Waals surface area (Å²) in [5, 5.41) is 0. The van der Waals surface area contributed by atoms with Gasteiger partial charge in [-0.05, 0) is 0 Å². The van der Waals surface area contributed by atoms with Crippen LogP contribution in [0.5, 0.6) is 0 Å². The molecule has 4 nitrogen and oxygen atoms in total. The Morgan fingerprint density at radius 1 is 0.571 bits per heavy atom. The van der Waals surface area contributed by atoms with Gasteiger partial charge in [0.2, 0.25) is 0 Å². The molecule has 0 radical (unpaired) electrons. The van der Waals surface area contributed by atoms with Crippen LogP contribution in [0.3, 0.4) is 0 Å². The number of rotatable bonds is 0. The van der Waals surface area contributed by atoms with E-state index in [1.165, 1.54) is 0 Å². The van der Waals surface area contributed by atoms with Gasteiger partial charge in [-0.15, -0.1) is 0 Å². The van der Waals surface area contributed by atoms with E-state index in [2.05, 4.69) is 0 Å². The van der Waals surface area contributed by atoms with Gasteiger partial charge in [-0.25, -0.2) is 0 Å². The summed E-state index contributed by atoms with van der Waals surface area (Å²) < 4.78 is 0. The SMILES string of the molecule is [K+].[Li+].[OH-].[OH-].[OH-].[OH-].[Ti]. The summed E-state index contributed by atoms with van der Waals surface area (Å²) in [5.41, 5.74) is 0. The van der Waals surface area contributed by atoms with Crippen LogP contribution in [-0.4, -0.2) is 21.9 Å². The molecule has 0 saturated heterocycles. The fraction of sp³-hybridized carbons (Fsp3) is 0. The Kier molecular flexibility index (Phi) is 953. The molecule has 0 heterocycles. The molecule has 0 spiro atoms. The van der Waals surface area contributed by atoms with Crippen molar-refractivity contribution in [3.63, 3.8) is 0 Å². The predicted octanol–water partition coefficient (Wildman–Crippen LogP) is -6.70. The van der Waals surface area contributed by atoms with Crippen LogP contribution in [0, 0.1) is 0 Å². The second-order valence-corrected chi connectivity index (χ2v) is 0. The minimum Gasteiger partial charge on any atom is -0.870 e. The first-order valence-electron chi connectivity index (χ1n) is 0. The van der Waals surface area contributed by atoms with E-state index in [4.69, 9.17) is 0 Å². The molecule has 0 aliphatic heterocycles. The number of hydrogen-bond acceptors (Lipinski definition) is 4. The van der Waals surface area contributed by atoms with Crippen LogP contribution in [0.1, 0.15) is 0 Å². The predicted molar refractivity (Wildman–Crippen MR) is 7.74 cm³/mol. The van der Waals surface area contributed by atoms with Crippen molar-refractivity contribution in [2.45, 2.75) is 0 Å². The van der Waals surface area contributed by atoms with Gasteiger partial charge in [0.25, 0.3) is 0 Å². The standard InChI is InChI=1S/K.Li.4H2O.Ti/h;;4*1H2;/q2*+1;;;;;/p-4. The molecule has 0 aliphatic rings. The molecule has 7 heteroatoms. The second kappa shape index (κ2) is 68.6. The van der Waals surface area contributed by atoms with Gasteiger partial charge < -0.3 is 21.9 Å². The topological polar surface area (TPSA) is 120 Å². The normalized spacial score (nSPS) is 0. The molecular weight excluding hydrogens is 158 g/mol. The fourth-order valence-electron chi connectivity index (χ4n) is 0. The van der Waals surface area contributed by atoms with Gasteiger partial charge >= 0.3 is 70.2 Å². The van der Waals surface area contributed by atoms with Gasteiger partial charge in [0.15, 0.2) is 0 Å². The van der Waals surface area contributed by atoms with Crippen molar-refractivity contribution in [1.29, 1.82) is 0 Å². The summed E-state index contributed by atoms with van der Waals surface area (Å²) in [6, 6.07) is 0. The maximum atomic E-state index is 0. The summed E-state index contributed by atoms with van der Waals surface area (Å²) in [4.78, 5) is 0. The van der Waals surface area contributed by atoms with Crippen molar-refractivity contribution in [1.82, 2.24) is 0 Å². The third kappa shape index (κ3) is 52.1. The van der Waals surface area contributed by atoms with Gasteiger partial charge in [-0.2, -0.15) is 0 Å². The molecular formula is H4KLiO4Ti-2. The minimum atomic E-state index is 0. The average Bonchev–Trinajstić information content (AvgIpc) is 0. The molecule has 0 aliphatic carbocycles. The van der Waals surface area contributed by atoms with E-state index in [1.54, 1.807) is 0 Å². The first kappa shape index (κ1) is 97.2. The van der Waals surface area contributed by atoms with Crippen LogP contribution in [0.25, 0.3) is 0 Å². The molecule has 0 amide bonds. The maximum Gasteiger partial charge on any atom is 1.00 e. The van der Waals surface area contributed by atoms with Crippen LogP contribution in [-0.2, 0) is 21.7 Å². The Morgan fingerprint density at radius 2 is 0.571 bits per heavy atom. The molecule has 0 fully saturated rings. The van der Waals surface area contributed by atoms with Crippen molar-refractivity contribution in [2.75, 3.05) is 0 Å². The Balaban J connectivity index is 0. The van der Waals surface area contributed by atoms with Gasteiger partial charge in [-0.3, -0.25) is 0 Å². The van der Waals surface area contributed by atoms with Crippen LogP contribution in [0.2, 0.25) is 0 Å².